The number of benzene rings is 1. The largest absolute Gasteiger partial charge is 0.497 e. The van der Waals surface area contributed by atoms with Gasteiger partial charge in [-0.25, -0.2) is 0 Å². The lowest BCUT2D eigenvalue weighted by atomic mass is 10.1. The maximum atomic E-state index is 11.4. The molecule has 1 unspecified atom stereocenters. The molecule has 0 heterocycles. The Morgan fingerprint density at radius 1 is 1.44 bits per heavy atom. The molecule has 16 heavy (non-hydrogen) atoms. The van der Waals surface area contributed by atoms with Crippen molar-refractivity contribution in [3.05, 3.63) is 29.8 Å². The molecule has 1 aromatic rings. The molecule has 1 amide bonds. The van der Waals surface area contributed by atoms with Crippen molar-refractivity contribution in [2.45, 2.75) is 19.4 Å². The van der Waals surface area contributed by atoms with E-state index in [0.717, 1.165) is 11.3 Å². The number of amides is 1. The van der Waals surface area contributed by atoms with E-state index in [1.54, 1.807) is 7.11 Å². The van der Waals surface area contributed by atoms with Gasteiger partial charge in [0.05, 0.1) is 13.2 Å². The van der Waals surface area contributed by atoms with E-state index in [4.69, 9.17) is 4.74 Å². The lowest BCUT2D eigenvalue weighted by molar-refractivity contribution is -0.121. The Morgan fingerprint density at radius 2 is 2.06 bits per heavy atom. The molecule has 4 heteroatoms. The van der Waals surface area contributed by atoms with Crippen LogP contribution in [-0.4, -0.2) is 18.8 Å². The van der Waals surface area contributed by atoms with Gasteiger partial charge in [0.2, 0.25) is 5.91 Å². The molecule has 0 aliphatic carbocycles. The van der Waals surface area contributed by atoms with Crippen LogP contribution in [0.15, 0.2) is 24.3 Å². The Kier molecular flexibility index (Phi) is 5.19. The first-order valence-corrected chi connectivity index (χ1v) is 5.84. The Hall–Kier alpha value is -1.16. The molecular formula is C12H17NO2S. The molecule has 0 aliphatic rings. The maximum absolute atomic E-state index is 11.4. The van der Waals surface area contributed by atoms with Crippen LogP contribution >= 0.6 is 12.6 Å². The second-order valence-electron chi connectivity index (χ2n) is 3.54. The van der Waals surface area contributed by atoms with Crippen molar-refractivity contribution in [3.8, 4) is 5.75 Å². The zero-order valence-electron chi connectivity index (χ0n) is 9.56. The predicted octanol–water partition coefficient (Wildman–Crippen LogP) is 2.19. The molecule has 0 spiro atoms. The molecule has 0 radical (unpaired) electrons. The number of hydrogen-bond acceptors (Lipinski definition) is 3. The smallest absolute Gasteiger partial charge is 0.221 e. The lowest BCUT2D eigenvalue weighted by Gasteiger charge is -2.14. The molecule has 0 aliphatic heterocycles. The fourth-order valence-corrected chi connectivity index (χ4v) is 1.59. The number of thiol groups is 1. The van der Waals surface area contributed by atoms with Crippen LogP contribution in [0.5, 0.6) is 5.75 Å². The molecule has 0 saturated carbocycles. The Morgan fingerprint density at radius 3 is 2.56 bits per heavy atom. The highest BCUT2D eigenvalue weighted by Gasteiger charge is 2.08. The van der Waals surface area contributed by atoms with E-state index in [1.807, 2.05) is 31.2 Å². The monoisotopic (exact) mass is 239 g/mol. The first kappa shape index (κ1) is 12.9. The van der Waals surface area contributed by atoms with Crippen LogP contribution in [-0.2, 0) is 4.79 Å². The summed E-state index contributed by atoms with van der Waals surface area (Å²) in [5.41, 5.74) is 1.06. The maximum Gasteiger partial charge on any atom is 0.221 e. The first-order chi connectivity index (χ1) is 7.67. The highest BCUT2D eigenvalue weighted by molar-refractivity contribution is 7.80. The minimum absolute atomic E-state index is 0.0123. The van der Waals surface area contributed by atoms with Crippen LogP contribution in [0.1, 0.15) is 24.9 Å². The normalized spacial score (nSPS) is 11.9. The minimum Gasteiger partial charge on any atom is -0.497 e. The van der Waals surface area contributed by atoms with Crippen LogP contribution in [0, 0.1) is 0 Å². The second-order valence-corrected chi connectivity index (χ2v) is 3.98. The number of methoxy groups -OCH3 is 1. The van der Waals surface area contributed by atoms with Crippen LogP contribution in [0.25, 0.3) is 0 Å². The third-order valence-electron chi connectivity index (χ3n) is 2.33. The summed E-state index contributed by atoms with van der Waals surface area (Å²) in [6.45, 7) is 1.96. The standard InChI is InChI=1S/C12H17NO2S/c1-9(13-12(14)7-8-16)10-3-5-11(15-2)6-4-10/h3-6,9,16H,7-8H2,1-2H3,(H,13,14). The number of hydrogen-bond donors (Lipinski definition) is 2. The summed E-state index contributed by atoms with van der Waals surface area (Å²) in [4.78, 5) is 11.4. The van der Waals surface area contributed by atoms with Gasteiger partial charge in [-0.15, -0.1) is 0 Å². The molecule has 0 bridgehead atoms. The van der Waals surface area contributed by atoms with Gasteiger partial charge < -0.3 is 10.1 Å². The molecule has 1 N–H and O–H groups in total. The van der Waals surface area contributed by atoms with Gasteiger partial charge in [-0.05, 0) is 30.4 Å². The molecule has 3 nitrogen and oxygen atoms in total. The summed E-state index contributed by atoms with van der Waals surface area (Å²) < 4.78 is 5.07. The number of carbonyl (C=O) groups excluding carboxylic acids is 1. The third kappa shape index (κ3) is 3.77. The van der Waals surface area contributed by atoms with Crippen molar-refractivity contribution in [2.24, 2.45) is 0 Å². The number of rotatable bonds is 5. The van der Waals surface area contributed by atoms with Crippen molar-refractivity contribution < 1.29 is 9.53 Å². The molecular weight excluding hydrogens is 222 g/mol. The zero-order valence-corrected chi connectivity index (χ0v) is 10.5. The average Bonchev–Trinajstić information content (AvgIpc) is 2.29. The third-order valence-corrected chi connectivity index (χ3v) is 2.56. The van der Waals surface area contributed by atoms with E-state index in [9.17, 15) is 4.79 Å². The zero-order chi connectivity index (χ0) is 12.0. The van der Waals surface area contributed by atoms with Gasteiger partial charge in [0.25, 0.3) is 0 Å². The summed E-state index contributed by atoms with van der Waals surface area (Å²) in [6.07, 6.45) is 0.448. The predicted molar refractivity (Wildman–Crippen MR) is 68.0 cm³/mol. The summed E-state index contributed by atoms with van der Waals surface area (Å²) in [5, 5.41) is 2.91. The van der Waals surface area contributed by atoms with Gasteiger partial charge in [-0.2, -0.15) is 12.6 Å². The minimum atomic E-state index is 0.0123. The van der Waals surface area contributed by atoms with Crippen molar-refractivity contribution in [3.63, 3.8) is 0 Å². The summed E-state index contributed by atoms with van der Waals surface area (Å²) >= 11 is 4.02. The van der Waals surface area contributed by atoms with Crippen LogP contribution in [0.4, 0.5) is 0 Å². The van der Waals surface area contributed by atoms with Crippen LogP contribution in [0.2, 0.25) is 0 Å². The van der Waals surface area contributed by atoms with Gasteiger partial charge >= 0.3 is 0 Å². The van der Waals surface area contributed by atoms with Crippen LogP contribution in [0.3, 0.4) is 0 Å². The number of nitrogens with one attached hydrogen (secondary N) is 1. The van der Waals surface area contributed by atoms with Gasteiger partial charge in [-0.1, -0.05) is 12.1 Å². The number of ether oxygens (including phenoxy) is 1. The van der Waals surface area contributed by atoms with Gasteiger partial charge in [0, 0.05) is 6.42 Å². The van der Waals surface area contributed by atoms with Crippen LogP contribution < -0.4 is 10.1 Å². The van der Waals surface area contributed by atoms with Crippen molar-refractivity contribution in [1.82, 2.24) is 5.32 Å². The summed E-state index contributed by atoms with van der Waals surface area (Å²) in [5.74, 6) is 1.41. The fourth-order valence-electron chi connectivity index (χ4n) is 1.39. The summed E-state index contributed by atoms with van der Waals surface area (Å²) in [6, 6.07) is 7.68. The number of carbonyl (C=O) groups is 1. The first-order valence-electron chi connectivity index (χ1n) is 5.21. The van der Waals surface area contributed by atoms with Crippen molar-refractivity contribution >= 4 is 18.5 Å². The topological polar surface area (TPSA) is 38.3 Å². The van der Waals surface area contributed by atoms with E-state index < -0.39 is 0 Å². The van der Waals surface area contributed by atoms with E-state index in [-0.39, 0.29) is 11.9 Å². The van der Waals surface area contributed by atoms with E-state index in [2.05, 4.69) is 17.9 Å². The molecule has 0 aromatic heterocycles. The molecule has 1 rings (SSSR count). The Labute approximate surface area is 102 Å². The Bertz CT molecular complexity index is 337. The van der Waals surface area contributed by atoms with E-state index in [0.29, 0.717) is 12.2 Å². The quantitative estimate of drug-likeness (QED) is 0.773. The molecule has 0 fully saturated rings. The fraction of sp³-hybridized carbons (Fsp3) is 0.417. The second kappa shape index (κ2) is 6.43. The summed E-state index contributed by atoms with van der Waals surface area (Å²) in [7, 11) is 1.63. The highest BCUT2D eigenvalue weighted by atomic mass is 32.1. The molecule has 1 atom stereocenters. The SMILES string of the molecule is COc1ccc(C(C)NC(=O)CCS)cc1. The molecule has 1 aromatic carbocycles. The average molecular weight is 239 g/mol. The van der Waals surface area contributed by atoms with E-state index in [1.165, 1.54) is 0 Å². The van der Waals surface area contributed by atoms with Crippen molar-refractivity contribution in [1.29, 1.82) is 0 Å². The Balaban J connectivity index is 2.58. The van der Waals surface area contributed by atoms with E-state index >= 15 is 0 Å². The molecule has 0 saturated heterocycles. The lowest BCUT2D eigenvalue weighted by Crippen LogP contribution is -2.26. The van der Waals surface area contributed by atoms with Crippen molar-refractivity contribution in [2.75, 3.05) is 12.9 Å². The van der Waals surface area contributed by atoms with Gasteiger partial charge in [-0.3, -0.25) is 4.79 Å². The van der Waals surface area contributed by atoms with Gasteiger partial charge in [0.1, 0.15) is 5.75 Å². The van der Waals surface area contributed by atoms with Gasteiger partial charge in [0.15, 0.2) is 0 Å². The molecule has 88 valence electrons. The highest BCUT2D eigenvalue weighted by Crippen LogP contribution is 2.17.